The molecule has 60 heavy (non-hydrogen) atoms. The number of nitrogens with one attached hydrogen (secondary N) is 4. The zero-order chi connectivity index (χ0) is 41.8. The maximum Gasteiger partial charge on any atom is 0.251 e. The number of ether oxygens (including phenoxy) is 1. The molecule has 4 amide bonds. The summed E-state index contributed by atoms with van der Waals surface area (Å²) in [5.41, 5.74) is 3.98. The van der Waals surface area contributed by atoms with Gasteiger partial charge in [-0.05, 0) is 119 Å². The van der Waals surface area contributed by atoms with Gasteiger partial charge in [-0.25, -0.2) is 4.98 Å². The SMILES string of the molecule is CC[C@@H]1C(=O)N(C)c2cnc(Nc3ccc(C(=O)NCC4CCN(CC5CCN(c6ccc(NC7CCC(=O)NC7=O)cc6)CC5)CC4)cc3OC)nc2N1C1CCCC1. The van der Waals surface area contributed by atoms with Crippen LogP contribution in [0.15, 0.2) is 48.7 Å². The van der Waals surface area contributed by atoms with Crippen molar-refractivity contribution in [3.63, 3.8) is 0 Å². The number of imide groups is 1. The van der Waals surface area contributed by atoms with Gasteiger partial charge in [-0.1, -0.05) is 19.8 Å². The fourth-order valence-corrected chi connectivity index (χ4v) is 9.75. The zero-order valence-corrected chi connectivity index (χ0v) is 35.3. The fourth-order valence-electron chi connectivity index (χ4n) is 9.75. The molecule has 15 nitrogen and oxygen atoms in total. The first-order valence-corrected chi connectivity index (χ1v) is 22.0. The van der Waals surface area contributed by atoms with E-state index in [2.05, 4.69) is 60.0 Å². The summed E-state index contributed by atoms with van der Waals surface area (Å²) >= 11 is 0. The van der Waals surface area contributed by atoms with E-state index in [0.717, 1.165) is 95.6 Å². The van der Waals surface area contributed by atoms with Gasteiger partial charge in [0.1, 0.15) is 23.5 Å². The molecule has 5 heterocycles. The lowest BCUT2D eigenvalue weighted by Gasteiger charge is -2.43. The predicted octanol–water partition coefficient (Wildman–Crippen LogP) is 5.31. The molecule has 1 aromatic heterocycles. The Kier molecular flexibility index (Phi) is 12.7. The van der Waals surface area contributed by atoms with E-state index in [4.69, 9.17) is 9.72 Å². The predicted molar refractivity (Wildman–Crippen MR) is 233 cm³/mol. The van der Waals surface area contributed by atoms with E-state index in [9.17, 15) is 19.2 Å². The van der Waals surface area contributed by atoms with E-state index in [1.54, 1.807) is 37.4 Å². The number of carbonyl (C=O) groups excluding carboxylic acids is 4. The molecule has 4 aliphatic heterocycles. The Hall–Kier alpha value is -5.44. The number of piperidine rings is 3. The lowest BCUT2D eigenvalue weighted by molar-refractivity contribution is -0.133. The summed E-state index contributed by atoms with van der Waals surface area (Å²) in [4.78, 5) is 68.7. The number of hydrogen-bond donors (Lipinski definition) is 4. The first-order chi connectivity index (χ1) is 29.2. The highest BCUT2D eigenvalue weighted by atomic mass is 16.5. The summed E-state index contributed by atoms with van der Waals surface area (Å²) < 4.78 is 5.73. The third-order valence-electron chi connectivity index (χ3n) is 13.3. The van der Waals surface area contributed by atoms with E-state index in [-0.39, 0.29) is 41.8 Å². The van der Waals surface area contributed by atoms with E-state index in [1.165, 1.54) is 5.69 Å². The van der Waals surface area contributed by atoms with Crippen LogP contribution in [0.2, 0.25) is 0 Å². The summed E-state index contributed by atoms with van der Waals surface area (Å²) in [6.45, 7) is 7.96. The van der Waals surface area contributed by atoms with Crippen molar-refractivity contribution in [1.29, 1.82) is 0 Å². The van der Waals surface area contributed by atoms with Gasteiger partial charge in [-0.2, -0.15) is 4.98 Å². The van der Waals surface area contributed by atoms with Crippen LogP contribution in [0.25, 0.3) is 0 Å². The number of anilines is 6. The Labute approximate surface area is 353 Å². The highest BCUT2D eigenvalue weighted by Crippen LogP contribution is 2.40. The van der Waals surface area contributed by atoms with Crippen LogP contribution in [0.4, 0.5) is 34.5 Å². The summed E-state index contributed by atoms with van der Waals surface area (Å²) in [6, 6.07) is 13.3. The molecule has 1 saturated carbocycles. The molecule has 5 aliphatic rings. The van der Waals surface area contributed by atoms with E-state index < -0.39 is 0 Å². The molecule has 2 aromatic carbocycles. The molecule has 4 fully saturated rings. The summed E-state index contributed by atoms with van der Waals surface area (Å²) in [6.07, 6.45) is 12.1. The molecule has 15 heteroatoms. The Bertz CT molecular complexity index is 2020. The van der Waals surface area contributed by atoms with Gasteiger partial charge in [0.15, 0.2) is 5.82 Å². The number of likely N-dealkylation sites (N-methyl/N-ethyl adjacent to an activating group) is 1. The molecule has 1 aliphatic carbocycles. The number of aromatic nitrogens is 2. The Morgan fingerprint density at radius 3 is 2.35 bits per heavy atom. The average Bonchev–Trinajstić information content (AvgIpc) is 3.81. The molecular formula is C45H60N10O5. The van der Waals surface area contributed by atoms with Crippen LogP contribution in [-0.4, -0.2) is 110 Å². The summed E-state index contributed by atoms with van der Waals surface area (Å²) in [5, 5.41) is 12.2. The number of carbonyl (C=O) groups is 4. The Morgan fingerprint density at radius 2 is 1.65 bits per heavy atom. The monoisotopic (exact) mass is 820 g/mol. The quantitative estimate of drug-likeness (QED) is 0.165. The molecule has 0 spiro atoms. The molecule has 3 aromatic rings. The van der Waals surface area contributed by atoms with Crippen molar-refractivity contribution in [3.8, 4) is 5.75 Å². The fraction of sp³-hybridized carbons (Fsp3) is 0.556. The van der Waals surface area contributed by atoms with Gasteiger partial charge in [-0.15, -0.1) is 0 Å². The number of amides is 4. The van der Waals surface area contributed by atoms with Crippen molar-refractivity contribution in [2.75, 3.05) is 78.8 Å². The first kappa shape index (κ1) is 41.3. The van der Waals surface area contributed by atoms with Crippen molar-refractivity contribution in [3.05, 3.63) is 54.2 Å². The van der Waals surface area contributed by atoms with Crippen molar-refractivity contribution >= 4 is 58.1 Å². The van der Waals surface area contributed by atoms with Gasteiger partial charge in [0, 0.05) is 62.6 Å². The van der Waals surface area contributed by atoms with Gasteiger partial charge in [0.05, 0.1) is 19.0 Å². The number of rotatable bonds is 13. The maximum absolute atomic E-state index is 13.3. The normalized spacial score (nSPS) is 22.1. The number of likely N-dealkylation sites (tertiary alicyclic amines) is 1. The summed E-state index contributed by atoms with van der Waals surface area (Å²) in [7, 11) is 3.39. The minimum absolute atomic E-state index is 0.0797. The lowest BCUT2D eigenvalue weighted by Crippen LogP contribution is -2.55. The van der Waals surface area contributed by atoms with E-state index >= 15 is 0 Å². The molecule has 320 valence electrons. The van der Waals surface area contributed by atoms with Gasteiger partial charge in [0.2, 0.25) is 23.7 Å². The molecule has 3 saturated heterocycles. The second-order valence-electron chi connectivity index (χ2n) is 17.2. The third-order valence-corrected chi connectivity index (χ3v) is 13.3. The first-order valence-electron chi connectivity index (χ1n) is 22.0. The minimum atomic E-state index is -0.380. The van der Waals surface area contributed by atoms with Crippen LogP contribution >= 0.6 is 0 Å². The van der Waals surface area contributed by atoms with Crippen LogP contribution in [-0.2, 0) is 14.4 Å². The number of benzene rings is 2. The molecule has 8 rings (SSSR count). The minimum Gasteiger partial charge on any atom is -0.495 e. The number of methoxy groups -OCH3 is 1. The van der Waals surface area contributed by atoms with E-state index in [0.29, 0.717) is 66.3 Å². The van der Waals surface area contributed by atoms with Crippen LogP contribution in [0, 0.1) is 11.8 Å². The molecule has 1 unspecified atom stereocenters. The molecule has 0 bridgehead atoms. The molecular weight excluding hydrogens is 761 g/mol. The number of hydrogen-bond acceptors (Lipinski definition) is 12. The highest BCUT2D eigenvalue weighted by Gasteiger charge is 2.41. The van der Waals surface area contributed by atoms with Crippen LogP contribution in [0.3, 0.4) is 0 Å². The third kappa shape index (κ3) is 9.15. The lowest BCUT2D eigenvalue weighted by atomic mass is 9.92. The smallest absolute Gasteiger partial charge is 0.251 e. The van der Waals surface area contributed by atoms with Crippen molar-refractivity contribution < 1.29 is 23.9 Å². The standard InChI is InChI=1S/C45H60N10O5/c1-4-37-44(59)52(2)38-27-47-45(51-41(38)55(37)34-7-5-6-8-34)49-35-14-9-31(25-39(35)60-3)42(57)46-26-29-17-21-53(22-18-29)28-30-19-23-54(24-20-30)33-12-10-32(11-13-33)48-36-15-16-40(56)50-43(36)58/h9-14,25,27,29-30,34,36-37,48H,4-8,15-24,26,28H2,1-3H3,(H,46,57)(H,47,49,51)(H,50,56,58)/t36?,37-/m1/s1. The molecule has 4 N–H and O–H groups in total. The van der Waals surface area contributed by atoms with Crippen molar-refractivity contribution in [2.24, 2.45) is 11.8 Å². The number of fused-ring (bicyclic) bond motifs is 1. The molecule has 0 radical (unpaired) electrons. The van der Waals surface area contributed by atoms with Crippen LogP contribution in [0.5, 0.6) is 5.75 Å². The number of nitrogens with zero attached hydrogens (tertiary/aromatic N) is 6. The van der Waals surface area contributed by atoms with Crippen LogP contribution in [0.1, 0.15) is 87.9 Å². The van der Waals surface area contributed by atoms with Crippen LogP contribution < -0.4 is 40.7 Å². The second kappa shape index (κ2) is 18.4. The Morgan fingerprint density at radius 1 is 0.917 bits per heavy atom. The highest BCUT2D eigenvalue weighted by molar-refractivity contribution is 6.04. The van der Waals surface area contributed by atoms with E-state index in [1.807, 2.05) is 18.2 Å². The zero-order valence-electron chi connectivity index (χ0n) is 35.3. The van der Waals surface area contributed by atoms with Gasteiger partial charge < -0.3 is 40.3 Å². The largest absolute Gasteiger partial charge is 0.495 e. The van der Waals surface area contributed by atoms with Gasteiger partial charge in [-0.3, -0.25) is 24.5 Å². The van der Waals surface area contributed by atoms with Crippen molar-refractivity contribution in [2.45, 2.75) is 95.7 Å². The van der Waals surface area contributed by atoms with Crippen molar-refractivity contribution in [1.82, 2.24) is 25.5 Å². The second-order valence-corrected chi connectivity index (χ2v) is 17.2. The molecule has 2 atom stereocenters. The topological polar surface area (TPSA) is 164 Å². The van der Waals surface area contributed by atoms with Gasteiger partial charge in [0.25, 0.3) is 5.91 Å². The Balaban J connectivity index is 0.779. The van der Waals surface area contributed by atoms with Gasteiger partial charge >= 0.3 is 0 Å². The summed E-state index contributed by atoms with van der Waals surface area (Å²) in [5.74, 6) is 2.31. The average molecular weight is 821 g/mol. The maximum atomic E-state index is 13.3.